The molecular weight excluding hydrogens is 190 g/mol. The molecule has 4 heteroatoms. The normalized spacial score (nSPS) is 10.8. The molecule has 0 saturated carbocycles. The first-order valence-corrected chi connectivity index (χ1v) is 5.05. The molecule has 0 aliphatic rings. The monoisotopic (exact) mass is 205 g/mol. The number of nitrogens with one attached hydrogen (secondary N) is 2. The number of aromatic amines is 1. The Morgan fingerprint density at radius 2 is 2.40 bits per heavy atom. The fourth-order valence-electron chi connectivity index (χ4n) is 1.51. The van der Waals surface area contributed by atoms with E-state index < -0.39 is 0 Å². The molecule has 2 heterocycles. The first kappa shape index (κ1) is 9.98. The lowest BCUT2D eigenvalue weighted by molar-refractivity contribution is 0.578. The van der Waals surface area contributed by atoms with Crippen LogP contribution < -0.4 is 5.32 Å². The molecule has 0 radical (unpaired) electrons. The van der Waals surface area contributed by atoms with Gasteiger partial charge >= 0.3 is 0 Å². The minimum absolute atomic E-state index is 0.786. The molecule has 0 spiro atoms. The van der Waals surface area contributed by atoms with Crippen LogP contribution in [0.25, 0.3) is 11.6 Å². The van der Waals surface area contributed by atoms with Crippen molar-refractivity contribution in [3.8, 4) is 11.6 Å². The summed E-state index contributed by atoms with van der Waals surface area (Å²) >= 11 is 0. The molecule has 0 aromatic carbocycles. The van der Waals surface area contributed by atoms with Crippen LogP contribution in [-0.4, -0.2) is 23.6 Å². The molecule has 0 aliphatic carbocycles. The van der Waals surface area contributed by atoms with E-state index in [1.165, 1.54) is 0 Å². The fraction of sp³-hybridized carbons (Fsp3) is 0.364. The van der Waals surface area contributed by atoms with Gasteiger partial charge in [-0.05, 0) is 26.1 Å². The van der Waals surface area contributed by atoms with Crippen molar-refractivity contribution in [2.75, 3.05) is 13.6 Å². The topological polar surface area (TPSA) is 53.9 Å². The lowest BCUT2D eigenvalue weighted by Crippen LogP contribution is -2.11. The van der Waals surface area contributed by atoms with Gasteiger partial charge in [0, 0.05) is 18.7 Å². The predicted molar refractivity (Wildman–Crippen MR) is 58.7 cm³/mol. The van der Waals surface area contributed by atoms with Gasteiger partial charge in [0.15, 0.2) is 11.6 Å². The summed E-state index contributed by atoms with van der Waals surface area (Å²) in [4.78, 5) is 7.72. The molecular formula is C11H15N3O. The van der Waals surface area contributed by atoms with Crippen molar-refractivity contribution in [3.63, 3.8) is 0 Å². The van der Waals surface area contributed by atoms with Crippen molar-refractivity contribution in [2.45, 2.75) is 13.3 Å². The van der Waals surface area contributed by atoms with E-state index in [0.717, 1.165) is 35.9 Å². The molecule has 0 fully saturated rings. The molecule has 0 bridgehead atoms. The summed E-state index contributed by atoms with van der Waals surface area (Å²) < 4.78 is 5.28. The Labute approximate surface area is 88.7 Å². The van der Waals surface area contributed by atoms with Crippen LogP contribution in [0.2, 0.25) is 0 Å². The van der Waals surface area contributed by atoms with Crippen LogP contribution in [0.15, 0.2) is 22.8 Å². The van der Waals surface area contributed by atoms with Gasteiger partial charge in [0.05, 0.1) is 12.0 Å². The van der Waals surface area contributed by atoms with Gasteiger partial charge in [-0.25, -0.2) is 4.98 Å². The Balaban J connectivity index is 2.21. The molecule has 0 saturated heterocycles. The maximum atomic E-state index is 5.28. The van der Waals surface area contributed by atoms with Gasteiger partial charge in [0.2, 0.25) is 0 Å². The number of imidazole rings is 1. The molecule has 0 aliphatic heterocycles. The van der Waals surface area contributed by atoms with Gasteiger partial charge in [-0.15, -0.1) is 0 Å². The standard InChI is InChI=1S/C11H15N3O/c1-8-9(5-6-12-2)14-11(13-8)10-4-3-7-15-10/h3-4,7,12H,5-6H2,1-2H3,(H,13,14). The van der Waals surface area contributed by atoms with Crippen LogP contribution in [0.4, 0.5) is 0 Å². The van der Waals surface area contributed by atoms with Gasteiger partial charge in [0.25, 0.3) is 0 Å². The third kappa shape index (κ3) is 2.10. The third-order valence-electron chi connectivity index (χ3n) is 2.35. The minimum Gasteiger partial charge on any atom is -0.461 e. The summed E-state index contributed by atoms with van der Waals surface area (Å²) in [5, 5.41) is 3.11. The first-order chi connectivity index (χ1) is 7.31. The van der Waals surface area contributed by atoms with Crippen molar-refractivity contribution in [1.82, 2.24) is 15.3 Å². The molecule has 4 nitrogen and oxygen atoms in total. The van der Waals surface area contributed by atoms with E-state index in [-0.39, 0.29) is 0 Å². The predicted octanol–water partition coefficient (Wildman–Crippen LogP) is 1.74. The summed E-state index contributed by atoms with van der Waals surface area (Å²) in [6.45, 7) is 2.97. The zero-order valence-electron chi connectivity index (χ0n) is 9.00. The lowest BCUT2D eigenvalue weighted by atomic mass is 10.2. The highest BCUT2D eigenvalue weighted by atomic mass is 16.3. The van der Waals surface area contributed by atoms with Crippen molar-refractivity contribution < 1.29 is 4.42 Å². The second-order valence-corrected chi connectivity index (χ2v) is 3.49. The largest absolute Gasteiger partial charge is 0.461 e. The Bertz CT molecular complexity index is 417. The second-order valence-electron chi connectivity index (χ2n) is 3.49. The van der Waals surface area contributed by atoms with Crippen LogP contribution in [0.5, 0.6) is 0 Å². The molecule has 2 rings (SSSR count). The van der Waals surface area contributed by atoms with Crippen LogP contribution in [-0.2, 0) is 6.42 Å². The van der Waals surface area contributed by atoms with Gasteiger partial charge in [-0.2, -0.15) is 0 Å². The Morgan fingerprint density at radius 1 is 1.53 bits per heavy atom. The number of aryl methyl sites for hydroxylation is 1. The molecule has 2 aromatic rings. The van der Waals surface area contributed by atoms with Gasteiger partial charge < -0.3 is 14.7 Å². The molecule has 15 heavy (non-hydrogen) atoms. The molecule has 2 N–H and O–H groups in total. The smallest absolute Gasteiger partial charge is 0.173 e. The first-order valence-electron chi connectivity index (χ1n) is 5.05. The highest BCUT2D eigenvalue weighted by molar-refractivity contribution is 5.47. The SMILES string of the molecule is CNCCc1nc(-c2ccco2)[nH]c1C. The van der Waals surface area contributed by atoms with Crippen molar-refractivity contribution in [3.05, 3.63) is 29.8 Å². The summed E-state index contributed by atoms with van der Waals surface area (Å²) in [6.07, 6.45) is 2.58. The molecule has 0 unspecified atom stereocenters. The van der Waals surface area contributed by atoms with Crippen LogP contribution in [0, 0.1) is 6.92 Å². The van der Waals surface area contributed by atoms with Crippen molar-refractivity contribution >= 4 is 0 Å². The maximum absolute atomic E-state index is 5.28. The van der Waals surface area contributed by atoms with E-state index in [0.29, 0.717) is 0 Å². The van der Waals surface area contributed by atoms with Gasteiger partial charge in [-0.3, -0.25) is 0 Å². The quantitative estimate of drug-likeness (QED) is 0.799. The van der Waals surface area contributed by atoms with Crippen LogP contribution in [0.3, 0.4) is 0 Å². The summed E-state index contributed by atoms with van der Waals surface area (Å²) in [5.74, 6) is 1.59. The number of aromatic nitrogens is 2. The van der Waals surface area contributed by atoms with E-state index >= 15 is 0 Å². The van der Waals surface area contributed by atoms with E-state index in [9.17, 15) is 0 Å². The van der Waals surface area contributed by atoms with Gasteiger partial charge in [0.1, 0.15) is 0 Å². The highest BCUT2D eigenvalue weighted by Crippen LogP contribution is 2.18. The number of H-pyrrole nitrogens is 1. The number of likely N-dealkylation sites (N-methyl/N-ethyl adjacent to an activating group) is 1. The van der Waals surface area contributed by atoms with E-state index in [1.807, 2.05) is 26.1 Å². The van der Waals surface area contributed by atoms with Crippen molar-refractivity contribution in [1.29, 1.82) is 0 Å². The number of furan rings is 1. The molecule has 0 amide bonds. The molecule has 0 atom stereocenters. The number of rotatable bonds is 4. The van der Waals surface area contributed by atoms with Crippen molar-refractivity contribution in [2.24, 2.45) is 0 Å². The summed E-state index contributed by atoms with van der Waals surface area (Å²) in [5.41, 5.74) is 2.20. The average Bonchev–Trinajstić information content (AvgIpc) is 2.83. The zero-order valence-corrected chi connectivity index (χ0v) is 9.00. The van der Waals surface area contributed by atoms with Gasteiger partial charge in [-0.1, -0.05) is 0 Å². The highest BCUT2D eigenvalue weighted by Gasteiger charge is 2.09. The zero-order chi connectivity index (χ0) is 10.7. The number of hydrogen-bond acceptors (Lipinski definition) is 3. The second kappa shape index (κ2) is 4.31. The molecule has 80 valence electrons. The fourth-order valence-corrected chi connectivity index (χ4v) is 1.51. The number of hydrogen-bond donors (Lipinski definition) is 2. The number of nitrogens with zero attached hydrogens (tertiary/aromatic N) is 1. The van der Waals surface area contributed by atoms with Crippen LogP contribution in [0.1, 0.15) is 11.4 Å². The van der Waals surface area contributed by atoms with Crippen LogP contribution >= 0.6 is 0 Å². The Hall–Kier alpha value is -1.55. The molecule has 2 aromatic heterocycles. The maximum Gasteiger partial charge on any atom is 0.173 e. The van der Waals surface area contributed by atoms with E-state index in [2.05, 4.69) is 15.3 Å². The Morgan fingerprint density at radius 3 is 3.07 bits per heavy atom. The van der Waals surface area contributed by atoms with E-state index in [1.54, 1.807) is 6.26 Å². The lowest BCUT2D eigenvalue weighted by Gasteiger charge is -1.95. The summed E-state index contributed by atoms with van der Waals surface area (Å²) in [6, 6.07) is 3.76. The third-order valence-corrected chi connectivity index (χ3v) is 2.35. The Kier molecular flexibility index (Phi) is 2.87. The summed E-state index contributed by atoms with van der Waals surface area (Å²) in [7, 11) is 1.94. The van der Waals surface area contributed by atoms with E-state index in [4.69, 9.17) is 4.42 Å². The minimum atomic E-state index is 0.786. The average molecular weight is 205 g/mol.